The first kappa shape index (κ1) is 8.52. The van der Waals surface area contributed by atoms with E-state index in [1.165, 1.54) is 19.3 Å². The predicted molar refractivity (Wildman–Crippen MR) is 49.0 cm³/mol. The van der Waals surface area contributed by atoms with E-state index < -0.39 is 0 Å². The van der Waals surface area contributed by atoms with Crippen molar-refractivity contribution in [1.29, 1.82) is 0 Å². The normalized spacial score (nSPS) is 43.0. The van der Waals surface area contributed by atoms with Crippen molar-refractivity contribution in [3.63, 3.8) is 0 Å². The third kappa shape index (κ3) is 1.38. The third-order valence-electron chi connectivity index (χ3n) is 3.55. The second-order valence-corrected chi connectivity index (χ2v) is 4.29. The first-order valence-corrected chi connectivity index (χ1v) is 5.21. The molecule has 70 valence electrons. The third-order valence-corrected chi connectivity index (χ3v) is 3.55. The standard InChI is InChI=1S/C10H19NO/c1-2-11-6-8-4-3-5-9(7-11)10(8)12/h8-10,12H,2-7H2,1H3. The molecule has 2 atom stereocenters. The highest BCUT2D eigenvalue weighted by molar-refractivity contribution is 4.89. The van der Waals surface area contributed by atoms with Crippen molar-refractivity contribution in [3.05, 3.63) is 0 Å². The molecule has 1 aliphatic carbocycles. The Kier molecular flexibility index (Phi) is 2.37. The summed E-state index contributed by atoms with van der Waals surface area (Å²) in [5.74, 6) is 1.16. The van der Waals surface area contributed by atoms with E-state index in [0.717, 1.165) is 19.6 Å². The molecule has 2 aliphatic rings. The van der Waals surface area contributed by atoms with Crippen LogP contribution in [-0.4, -0.2) is 35.7 Å². The SMILES string of the molecule is CCN1CC2CCCC(C1)C2O. The molecule has 2 fully saturated rings. The van der Waals surface area contributed by atoms with E-state index in [-0.39, 0.29) is 6.10 Å². The second kappa shape index (κ2) is 3.35. The summed E-state index contributed by atoms with van der Waals surface area (Å²) in [5.41, 5.74) is 0. The Morgan fingerprint density at radius 3 is 2.33 bits per heavy atom. The molecule has 12 heavy (non-hydrogen) atoms. The average Bonchev–Trinajstić information content (AvgIpc) is 2.04. The van der Waals surface area contributed by atoms with Gasteiger partial charge in [0.25, 0.3) is 0 Å². The quantitative estimate of drug-likeness (QED) is 0.635. The molecule has 0 aromatic carbocycles. The number of piperidine rings is 1. The van der Waals surface area contributed by atoms with Crippen molar-refractivity contribution in [1.82, 2.24) is 4.90 Å². The molecule has 2 bridgehead atoms. The lowest BCUT2D eigenvalue weighted by Crippen LogP contribution is -2.51. The fraction of sp³-hybridized carbons (Fsp3) is 1.00. The molecule has 0 radical (unpaired) electrons. The van der Waals surface area contributed by atoms with E-state index >= 15 is 0 Å². The van der Waals surface area contributed by atoms with Crippen LogP contribution in [0.1, 0.15) is 26.2 Å². The molecular weight excluding hydrogens is 150 g/mol. The Balaban J connectivity index is 2.02. The van der Waals surface area contributed by atoms with Crippen molar-refractivity contribution in [2.45, 2.75) is 32.3 Å². The van der Waals surface area contributed by atoms with E-state index in [9.17, 15) is 5.11 Å². The molecule has 1 heterocycles. The Morgan fingerprint density at radius 2 is 1.83 bits per heavy atom. The molecule has 2 rings (SSSR count). The Labute approximate surface area is 74.6 Å². The molecule has 1 saturated carbocycles. The Bertz CT molecular complexity index is 146. The number of fused-ring (bicyclic) bond motifs is 2. The van der Waals surface area contributed by atoms with E-state index in [1.54, 1.807) is 0 Å². The number of hydrogen-bond donors (Lipinski definition) is 1. The maximum absolute atomic E-state index is 9.88. The van der Waals surface area contributed by atoms with Gasteiger partial charge in [0.1, 0.15) is 0 Å². The molecule has 0 spiro atoms. The lowest BCUT2D eigenvalue weighted by Gasteiger charge is -2.44. The lowest BCUT2D eigenvalue weighted by molar-refractivity contribution is -0.0477. The fourth-order valence-electron chi connectivity index (χ4n) is 2.76. The highest BCUT2D eigenvalue weighted by Gasteiger charge is 2.37. The van der Waals surface area contributed by atoms with Crippen molar-refractivity contribution >= 4 is 0 Å². The van der Waals surface area contributed by atoms with Crippen LogP contribution in [0.15, 0.2) is 0 Å². The molecule has 0 amide bonds. The summed E-state index contributed by atoms with van der Waals surface area (Å²) in [6.45, 7) is 5.63. The fourth-order valence-corrected chi connectivity index (χ4v) is 2.76. The highest BCUT2D eigenvalue weighted by Crippen LogP contribution is 2.34. The zero-order valence-corrected chi connectivity index (χ0v) is 7.87. The summed E-state index contributed by atoms with van der Waals surface area (Å²) >= 11 is 0. The van der Waals surface area contributed by atoms with Gasteiger partial charge in [-0.05, 0) is 31.2 Å². The zero-order chi connectivity index (χ0) is 8.55. The van der Waals surface area contributed by atoms with Gasteiger partial charge in [0.05, 0.1) is 6.10 Å². The van der Waals surface area contributed by atoms with Gasteiger partial charge in [0.15, 0.2) is 0 Å². The monoisotopic (exact) mass is 169 g/mol. The van der Waals surface area contributed by atoms with Crippen LogP contribution in [0, 0.1) is 11.8 Å². The summed E-state index contributed by atoms with van der Waals surface area (Å²) in [6.07, 6.45) is 3.84. The molecule has 2 unspecified atom stereocenters. The number of hydrogen-bond acceptors (Lipinski definition) is 2. The van der Waals surface area contributed by atoms with Crippen LogP contribution in [-0.2, 0) is 0 Å². The smallest absolute Gasteiger partial charge is 0.0620 e. The van der Waals surface area contributed by atoms with Crippen LogP contribution in [0.3, 0.4) is 0 Å². The molecule has 1 N–H and O–H groups in total. The first-order chi connectivity index (χ1) is 5.81. The molecule has 2 nitrogen and oxygen atoms in total. The van der Waals surface area contributed by atoms with Crippen LogP contribution < -0.4 is 0 Å². The number of rotatable bonds is 1. The van der Waals surface area contributed by atoms with Crippen molar-refractivity contribution in [2.75, 3.05) is 19.6 Å². The van der Waals surface area contributed by atoms with Crippen molar-refractivity contribution in [2.24, 2.45) is 11.8 Å². The Morgan fingerprint density at radius 1 is 1.25 bits per heavy atom. The second-order valence-electron chi connectivity index (χ2n) is 4.29. The van der Waals surface area contributed by atoms with Gasteiger partial charge in [-0.3, -0.25) is 0 Å². The molecule has 2 heteroatoms. The van der Waals surface area contributed by atoms with E-state index in [4.69, 9.17) is 0 Å². The van der Waals surface area contributed by atoms with Crippen LogP contribution in [0.4, 0.5) is 0 Å². The maximum Gasteiger partial charge on any atom is 0.0620 e. The molecular formula is C10H19NO. The van der Waals surface area contributed by atoms with Crippen LogP contribution >= 0.6 is 0 Å². The molecule has 1 saturated heterocycles. The van der Waals surface area contributed by atoms with Gasteiger partial charge >= 0.3 is 0 Å². The van der Waals surface area contributed by atoms with Gasteiger partial charge < -0.3 is 10.0 Å². The summed E-state index contributed by atoms with van der Waals surface area (Å²) < 4.78 is 0. The highest BCUT2D eigenvalue weighted by atomic mass is 16.3. The predicted octanol–water partition coefficient (Wildman–Crippen LogP) is 1.10. The van der Waals surface area contributed by atoms with Crippen molar-refractivity contribution in [3.8, 4) is 0 Å². The van der Waals surface area contributed by atoms with Gasteiger partial charge in [0, 0.05) is 13.1 Å². The van der Waals surface area contributed by atoms with Gasteiger partial charge in [-0.2, -0.15) is 0 Å². The topological polar surface area (TPSA) is 23.5 Å². The molecule has 0 aromatic rings. The van der Waals surface area contributed by atoms with Gasteiger partial charge in [-0.15, -0.1) is 0 Å². The maximum atomic E-state index is 9.88. The minimum atomic E-state index is 0.0153. The van der Waals surface area contributed by atoms with Crippen LogP contribution in [0.25, 0.3) is 0 Å². The van der Waals surface area contributed by atoms with E-state index in [1.807, 2.05) is 0 Å². The Hall–Kier alpha value is -0.0800. The summed E-state index contributed by atoms with van der Waals surface area (Å²) in [4.78, 5) is 2.49. The number of aliphatic hydroxyl groups excluding tert-OH is 1. The average molecular weight is 169 g/mol. The molecule has 1 aliphatic heterocycles. The molecule has 0 aromatic heterocycles. The van der Waals surface area contributed by atoms with E-state index in [2.05, 4.69) is 11.8 Å². The summed E-state index contributed by atoms with van der Waals surface area (Å²) in [7, 11) is 0. The van der Waals surface area contributed by atoms with Crippen LogP contribution in [0.5, 0.6) is 0 Å². The van der Waals surface area contributed by atoms with Gasteiger partial charge in [-0.1, -0.05) is 13.3 Å². The summed E-state index contributed by atoms with van der Waals surface area (Å²) in [6, 6.07) is 0. The summed E-state index contributed by atoms with van der Waals surface area (Å²) in [5, 5.41) is 9.88. The number of nitrogens with zero attached hydrogens (tertiary/aromatic N) is 1. The first-order valence-electron chi connectivity index (χ1n) is 5.21. The van der Waals surface area contributed by atoms with Gasteiger partial charge in [-0.25, -0.2) is 0 Å². The lowest BCUT2D eigenvalue weighted by atomic mass is 9.75. The minimum absolute atomic E-state index is 0.0153. The largest absolute Gasteiger partial charge is 0.392 e. The number of likely N-dealkylation sites (tertiary alicyclic amines) is 1. The van der Waals surface area contributed by atoms with Gasteiger partial charge in [0.2, 0.25) is 0 Å². The van der Waals surface area contributed by atoms with Crippen molar-refractivity contribution < 1.29 is 5.11 Å². The van der Waals surface area contributed by atoms with E-state index in [0.29, 0.717) is 11.8 Å². The van der Waals surface area contributed by atoms with Crippen LogP contribution in [0.2, 0.25) is 0 Å². The zero-order valence-electron chi connectivity index (χ0n) is 7.87. The number of aliphatic hydroxyl groups is 1. The minimum Gasteiger partial charge on any atom is -0.392 e.